The zero-order chi connectivity index (χ0) is 18.0. The maximum Gasteiger partial charge on any atom is 0.119 e. The highest BCUT2D eigenvalue weighted by molar-refractivity contribution is 5.28. The molecule has 1 rings (SSSR count). The van der Waals surface area contributed by atoms with Crippen LogP contribution in [-0.4, -0.2) is 13.2 Å². The van der Waals surface area contributed by atoms with Crippen LogP contribution in [0.1, 0.15) is 96.0 Å². The molecular formula is C23H41NO. The van der Waals surface area contributed by atoms with Crippen LogP contribution in [0.25, 0.3) is 0 Å². The van der Waals surface area contributed by atoms with Gasteiger partial charge in [0.2, 0.25) is 0 Å². The predicted octanol–water partition coefficient (Wildman–Crippen LogP) is 6.66. The Balaban J connectivity index is 1.90. The summed E-state index contributed by atoms with van der Waals surface area (Å²) in [6.07, 6.45) is 19.5. The van der Waals surface area contributed by atoms with Crippen LogP contribution in [-0.2, 0) is 6.42 Å². The second-order valence-corrected chi connectivity index (χ2v) is 7.28. The lowest BCUT2D eigenvalue weighted by molar-refractivity contribution is 0.328. The third kappa shape index (κ3) is 12.9. The van der Waals surface area contributed by atoms with E-state index in [1.165, 1.54) is 89.0 Å². The van der Waals surface area contributed by atoms with E-state index in [2.05, 4.69) is 25.1 Å². The molecule has 2 nitrogen and oxygen atoms in total. The van der Waals surface area contributed by atoms with E-state index in [4.69, 9.17) is 10.5 Å². The van der Waals surface area contributed by atoms with Crippen LogP contribution in [0.5, 0.6) is 5.75 Å². The van der Waals surface area contributed by atoms with Crippen molar-refractivity contribution in [3.05, 3.63) is 29.8 Å². The molecule has 0 amide bonds. The molecule has 0 atom stereocenters. The van der Waals surface area contributed by atoms with Gasteiger partial charge in [-0.2, -0.15) is 0 Å². The van der Waals surface area contributed by atoms with Crippen molar-refractivity contribution in [2.75, 3.05) is 13.2 Å². The Morgan fingerprint density at radius 2 is 1.32 bits per heavy atom. The average Bonchev–Trinajstić information content (AvgIpc) is 2.64. The first-order valence-electron chi connectivity index (χ1n) is 10.8. The van der Waals surface area contributed by atoms with Crippen molar-refractivity contribution >= 4 is 0 Å². The minimum Gasteiger partial charge on any atom is -0.492 e. The van der Waals surface area contributed by atoms with Gasteiger partial charge in [0, 0.05) is 6.54 Å². The van der Waals surface area contributed by atoms with Crippen LogP contribution in [0.3, 0.4) is 0 Å². The topological polar surface area (TPSA) is 35.2 Å². The molecule has 25 heavy (non-hydrogen) atoms. The number of hydrogen-bond acceptors (Lipinski definition) is 2. The summed E-state index contributed by atoms with van der Waals surface area (Å²) in [6, 6.07) is 8.47. The van der Waals surface area contributed by atoms with E-state index in [1.54, 1.807) is 0 Å². The molecule has 2 heteroatoms. The summed E-state index contributed by atoms with van der Waals surface area (Å²) in [7, 11) is 0. The van der Waals surface area contributed by atoms with Crippen molar-refractivity contribution in [2.45, 2.75) is 96.8 Å². The molecule has 0 aliphatic carbocycles. The molecule has 0 saturated heterocycles. The summed E-state index contributed by atoms with van der Waals surface area (Å²) in [4.78, 5) is 0. The molecule has 0 unspecified atom stereocenters. The number of aryl methyl sites for hydroxylation is 1. The predicted molar refractivity (Wildman–Crippen MR) is 110 cm³/mol. The van der Waals surface area contributed by atoms with Crippen molar-refractivity contribution < 1.29 is 4.74 Å². The minimum atomic E-state index is 0.573. The molecule has 0 aliphatic heterocycles. The fraction of sp³-hybridized carbons (Fsp3) is 0.739. The van der Waals surface area contributed by atoms with Crippen molar-refractivity contribution in [1.29, 1.82) is 0 Å². The standard InChI is InChI=1S/C23H41NO/c1-2-3-4-5-6-7-8-9-10-11-12-13-14-16-22-17-15-18-23(21-22)25-20-19-24/h15,17-18,21H,2-14,16,19-20,24H2,1H3. The van der Waals surface area contributed by atoms with E-state index in [0.29, 0.717) is 13.2 Å². The molecule has 1 aromatic carbocycles. The molecule has 0 aliphatic rings. The Bertz CT molecular complexity index is 405. The van der Waals surface area contributed by atoms with Gasteiger partial charge in [0.05, 0.1) is 0 Å². The summed E-state index contributed by atoms with van der Waals surface area (Å²) < 4.78 is 5.59. The molecular weight excluding hydrogens is 306 g/mol. The molecule has 0 saturated carbocycles. The number of nitrogens with two attached hydrogens (primary N) is 1. The van der Waals surface area contributed by atoms with E-state index in [9.17, 15) is 0 Å². The number of rotatable bonds is 17. The van der Waals surface area contributed by atoms with Gasteiger partial charge in [-0.25, -0.2) is 0 Å². The van der Waals surface area contributed by atoms with Crippen molar-refractivity contribution in [3.8, 4) is 5.75 Å². The van der Waals surface area contributed by atoms with Gasteiger partial charge in [0.25, 0.3) is 0 Å². The smallest absolute Gasteiger partial charge is 0.119 e. The van der Waals surface area contributed by atoms with Crippen LogP contribution in [0.4, 0.5) is 0 Å². The van der Waals surface area contributed by atoms with Crippen LogP contribution in [0.15, 0.2) is 24.3 Å². The van der Waals surface area contributed by atoms with E-state index >= 15 is 0 Å². The highest BCUT2D eigenvalue weighted by atomic mass is 16.5. The number of hydrogen-bond donors (Lipinski definition) is 1. The molecule has 0 fully saturated rings. The van der Waals surface area contributed by atoms with Gasteiger partial charge in [0.15, 0.2) is 0 Å². The van der Waals surface area contributed by atoms with Crippen molar-refractivity contribution in [1.82, 2.24) is 0 Å². The highest BCUT2D eigenvalue weighted by Gasteiger charge is 1.98. The van der Waals surface area contributed by atoms with E-state index in [1.807, 2.05) is 6.07 Å². The first kappa shape index (κ1) is 22.0. The van der Waals surface area contributed by atoms with Crippen LogP contribution >= 0.6 is 0 Å². The largest absolute Gasteiger partial charge is 0.492 e. The van der Waals surface area contributed by atoms with Crippen molar-refractivity contribution in [3.63, 3.8) is 0 Å². The minimum absolute atomic E-state index is 0.573. The fourth-order valence-corrected chi connectivity index (χ4v) is 3.31. The van der Waals surface area contributed by atoms with Gasteiger partial charge >= 0.3 is 0 Å². The van der Waals surface area contributed by atoms with Crippen LogP contribution in [0, 0.1) is 0 Å². The van der Waals surface area contributed by atoms with E-state index < -0.39 is 0 Å². The number of benzene rings is 1. The molecule has 1 aromatic rings. The number of ether oxygens (including phenoxy) is 1. The van der Waals surface area contributed by atoms with Gasteiger partial charge in [-0.3, -0.25) is 0 Å². The van der Waals surface area contributed by atoms with Gasteiger partial charge < -0.3 is 10.5 Å². The van der Waals surface area contributed by atoms with Gasteiger partial charge in [-0.15, -0.1) is 0 Å². The monoisotopic (exact) mass is 347 g/mol. The first-order chi connectivity index (χ1) is 12.4. The summed E-state index contributed by atoms with van der Waals surface area (Å²) in [6.45, 7) is 3.46. The van der Waals surface area contributed by atoms with E-state index in [0.717, 1.165) is 12.2 Å². The lowest BCUT2D eigenvalue weighted by Crippen LogP contribution is -2.10. The molecule has 0 bridgehead atoms. The second kappa shape index (κ2) is 16.4. The Morgan fingerprint density at radius 3 is 1.88 bits per heavy atom. The Kier molecular flexibility index (Phi) is 14.5. The quantitative estimate of drug-likeness (QED) is 0.320. The molecule has 0 radical (unpaired) electrons. The zero-order valence-electron chi connectivity index (χ0n) is 16.6. The second-order valence-electron chi connectivity index (χ2n) is 7.28. The maximum atomic E-state index is 5.59. The Morgan fingerprint density at radius 1 is 0.760 bits per heavy atom. The summed E-state index contributed by atoms with van der Waals surface area (Å²) in [5.41, 5.74) is 6.87. The van der Waals surface area contributed by atoms with Gasteiger partial charge in [-0.05, 0) is 30.5 Å². The summed E-state index contributed by atoms with van der Waals surface area (Å²) in [5.74, 6) is 0.956. The lowest BCUT2D eigenvalue weighted by atomic mass is 10.0. The highest BCUT2D eigenvalue weighted by Crippen LogP contribution is 2.17. The van der Waals surface area contributed by atoms with E-state index in [-0.39, 0.29) is 0 Å². The van der Waals surface area contributed by atoms with Crippen LogP contribution < -0.4 is 10.5 Å². The third-order valence-electron chi connectivity index (χ3n) is 4.85. The number of unbranched alkanes of at least 4 members (excludes halogenated alkanes) is 12. The Labute approximate surface area is 156 Å². The van der Waals surface area contributed by atoms with Crippen molar-refractivity contribution in [2.24, 2.45) is 5.73 Å². The average molecular weight is 348 g/mol. The zero-order valence-corrected chi connectivity index (χ0v) is 16.6. The molecule has 144 valence electrons. The Hall–Kier alpha value is -1.02. The molecule has 0 heterocycles. The first-order valence-corrected chi connectivity index (χ1v) is 10.8. The molecule has 0 aromatic heterocycles. The fourth-order valence-electron chi connectivity index (χ4n) is 3.31. The lowest BCUT2D eigenvalue weighted by Gasteiger charge is -2.07. The summed E-state index contributed by atoms with van der Waals surface area (Å²) in [5, 5.41) is 0. The normalized spacial score (nSPS) is 11.0. The third-order valence-corrected chi connectivity index (χ3v) is 4.85. The SMILES string of the molecule is CCCCCCCCCCCCCCCc1cccc(OCCN)c1. The molecule has 2 N–H and O–H groups in total. The van der Waals surface area contributed by atoms with Crippen LogP contribution in [0.2, 0.25) is 0 Å². The summed E-state index contributed by atoms with van der Waals surface area (Å²) >= 11 is 0. The van der Waals surface area contributed by atoms with Gasteiger partial charge in [0.1, 0.15) is 12.4 Å². The molecule has 0 spiro atoms. The van der Waals surface area contributed by atoms with Gasteiger partial charge in [-0.1, -0.05) is 96.1 Å². The maximum absolute atomic E-state index is 5.59.